The normalized spacial score (nSPS) is 19.8. The molecule has 2 bridgehead atoms. The number of benzene rings is 1. The third kappa shape index (κ3) is 6.32. The first-order valence-corrected chi connectivity index (χ1v) is 15.7. The SMILES string of the molecule is CCc1c(N2CC3CC(C2)N3C(=O)OC(C)(C)C)c(=O)n2nc(C3=CCOCC3)nc2n1CC(=O)Nc1ccc(C(F)(F)F)cc1C. The number of alkyl halides is 3. The maximum atomic E-state index is 14.2. The zero-order chi connectivity index (χ0) is 33.8. The number of ether oxygens (including phenoxy) is 2. The standard InChI is InChI=1S/C32H38F3N7O5/c1-6-24-26(39-15-21-14-22(16-39)41(21)30(45)47-31(3,4)5)28(44)42-29(37-27(38-42)19-9-11-46-12-10-19)40(24)17-25(43)36-23-8-7-20(13-18(23)2)32(33,34)35/h7-9,13,21-22H,6,10-12,14-17H2,1-5H3,(H,36,43). The molecule has 4 aliphatic rings. The minimum absolute atomic E-state index is 0.151. The number of nitrogens with zero attached hydrogens (tertiary/aromatic N) is 6. The molecule has 2 unspecified atom stereocenters. The number of aryl methyl sites for hydroxylation is 1. The summed E-state index contributed by atoms with van der Waals surface area (Å²) in [4.78, 5) is 49.0. The second-order valence-corrected chi connectivity index (χ2v) is 13.2. The fourth-order valence-corrected chi connectivity index (χ4v) is 6.51. The second-order valence-electron chi connectivity index (χ2n) is 13.2. The van der Waals surface area contributed by atoms with E-state index in [2.05, 4.69) is 10.4 Å². The van der Waals surface area contributed by atoms with Crippen LogP contribution in [0.25, 0.3) is 11.4 Å². The van der Waals surface area contributed by atoms with Crippen molar-refractivity contribution in [1.29, 1.82) is 0 Å². The summed E-state index contributed by atoms with van der Waals surface area (Å²) in [5.74, 6) is 0.0243. The molecular weight excluding hydrogens is 619 g/mol. The minimum Gasteiger partial charge on any atom is -0.444 e. The number of carbonyl (C=O) groups is 2. The van der Waals surface area contributed by atoms with Crippen molar-refractivity contribution in [3.05, 3.63) is 57.3 Å². The molecule has 6 heterocycles. The molecule has 3 saturated heterocycles. The van der Waals surface area contributed by atoms with E-state index in [1.807, 2.05) is 38.7 Å². The topological polar surface area (TPSA) is 123 Å². The van der Waals surface area contributed by atoms with Gasteiger partial charge in [-0.3, -0.25) is 14.5 Å². The highest BCUT2D eigenvalue weighted by atomic mass is 19.4. The second kappa shape index (κ2) is 12.0. The highest BCUT2D eigenvalue weighted by molar-refractivity contribution is 5.91. The van der Waals surface area contributed by atoms with Crippen LogP contribution in [0, 0.1) is 6.92 Å². The summed E-state index contributed by atoms with van der Waals surface area (Å²) < 4.78 is 53.6. The largest absolute Gasteiger partial charge is 0.444 e. The Morgan fingerprint density at radius 1 is 1.15 bits per heavy atom. The monoisotopic (exact) mass is 657 g/mol. The van der Waals surface area contributed by atoms with Gasteiger partial charge in [-0.1, -0.05) is 13.0 Å². The number of piperidine rings is 1. The first-order valence-electron chi connectivity index (χ1n) is 15.7. The molecule has 3 aromatic rings. The first kappa shape index (κ1) is 32.5. The van der Waals surface area contributed by atoms with Crippen LogP contribution in [-0.2, 0) is 33.4 Å². The Balaban J connectivity index is 1.37. The van der Waals surface area contributed by atoms with Crippen LogP contribution in [0.5, 0.6) is 0 Å². The number of aromatic nitrogens is 4. The number of halogens is 3. The number of piperazine rings is 1. The van der Waals surface area contributed by atoms with Gasteiger partial charge >= 0.3 is 12.3 Å². The molecule has 47 heavy (non-hydrogen) atoms. The van der Waals surface area contributed by atoms with E-state index in [9.17, 15) is 27.6 Å². The lowest BCUT2D eigenvalue weighted by Crippen LogP contribution is -2.71. The lowest BCUT2D eigenvalue weighted by molar-refractivity contribution is -0.137. The molecule has 1 N–H and O–H groups in total. The lowest BCUT2D eigenvalue weighted by atomic mass is 9.87. The summed E-state index contributed by atoms with van der Waals surface area (Å²) >= 11 is 0. The van der Waals surface area contributed by atoms with Gasteiger partial charge in [-0.15, -0.1) is 5.10 Å². The third-order valence-corrected chi connectivity index (χ3v) is 8.65. The van der Waals surface area contributed by atoms with Crippen LogP contribution in [0.4, 0.5) is 29.3 Å². The predicted molar refractivity (Wildman–Crippen MR) is 167 cm³/mol. The molecule has 252 valence electrons. The molecule has 7 rings (SSSR count). The van der Waals surface area contributed by atoms with E-state index < -0.39 is 23.2 Å². The summed E-state index contributed by atoms with van der Waals surface area (Å²) in [7, 11) is 0. The van der Waals surface area contributed by atoms with Gasteiger partial charge in [0.2, 0.25) is 11.7 Å². The zero-order valence-corrected chi connectivity index (χ0v) is 27.0. The van der Waals surface area contributed by atoms with Gasteiger partial charge in [0.15, 0.2) is 5.82 Å². The Kier molecular flexibility index (Phi) is 8.31. The van der Waals surface area contributed by atoms with Gasteiger partial charge in [0.05, 0.1) is 36.6 Å². The molecule has 0 spiro atoms. The summed E-state index contributed by atoms with van der Waals surface area (Å²) in [6.07, 6.45) is -1.32. The molecule has 1 aromatic carbocycles. The number of hydrogen-bond acceptors (Lipinski definition) is 8. The summed E-state index contributed by atoms with van der Waals surface area (Å²) in [5, 5.41) is 7.30. The van der Waals surface area contributed by atoms with Crippen molar-refractivity contribution in [2.24, 2.45) is 0 Å². The summed E-state index contributed by atoms with van der Waals surface area (Å²) in [6, 6.07) is 2.83. The predicted octanol–water partition coefficient (Wildman–Crippen LogP) is 4.42. The van der Waals surface area contributed by atoms with Crippen molar-refractivity contribution in [2.45, 2.75) is 84.3 Å². The molecule has 15 heteroatoms. The molecule has 0 saturated carbocycles. The number of nitrogens with one attached hydrogen (secondary N) is 1. The molecule has 0 aliphatic carbocycles. The maximum Gasteiger partial charge on any atom is 0.416 e. The number of carbonyl (C=O) groups excluding carboxylic acids is 2. The van der Waals surface area contributed by atoms with Crippen LogP contribution in [0.2, 0.25) is 0 Å². The number of fused-ring (bicyclic) bond motifs is 3. The average molecular weight is 658 g/mol. The van der Waals surface area contributed by atoms with Gasteiger partial charge in [-0.05, 0) is 76.3 Å². The van der Waals surface area contributed by atoms with Crippen molar-refractivity contribution in [3.63, 3.8) is 0 Å². The van der Waals surface area contributed by atoms with Gasteiger partial charge in [0.1, 0.15) is 17.8 Å². The van der Waals surface area contributed by atoms with E-state index in [4.69, 9.17) is 14.5 Å². The van der Waals surface area contributed by atoms with Crippen LogP contribution < -0.4 is 15.8 Å². The van der Waals surface area contributed by atoms with Gasteiger partial charge in [0, 0.05) is 18.8 Å². The highest BCUT2D eigenvalue weighted by Crippen LogP contribution is 2.37. The number of hydrogen-bond donors (Lipinski definition) is 1. The van der Waals surface area contributed by atoms with E-state index in [1.165, 1.54) is 17.5 Å². The quantitative estimate of drug-likeness (QED) is 0.414. The number of rotatable bonds is 6. The molecule has 0 radical (unpaired) electrons. The smallest absolute Gasteiger partial charge is 0.416 e. The fourth-order valence-electron chi connectivity index (χ4n) is 6.51. The van der Waals surface area contributed by atoms with Crippen molar-refractivity contribution >= 4 is 34.7 Å². The van der Waals surface area contributed by atoms with Gasteiger partial charge in [-0.2, -0.15) is 22.7 Å². The van der Waals surface area contributed by atoms with Gasteiger partial charge in [-0.25, -0.2) is 4.79 Å². The minimum atomic E-state index is -4.51. The number of anilines is 2. The van der Waals surface area contributed by atoms with Gasteiger partial charge < -0.3 is 24.3 Å². The molecule has 2 atom stereocenters. The van der Waals surface area contributed by atoms with E-state index in [-0.39, 0.29) is 47.3 Å². The Labute approximate surface area is 269 Å². The van der Waals surface area contributed by atoms with Gasteiger partial charge in [0.25, 0.3) is 5.56 Å². The van der Waals surface area contributed by atoms with E-state index in [0.29, 0.717) is 56.4 Å². The molecule has 12 nitrogen and oxygen atoms in total. The zero-order valence-electron chi connectivity index (χ0n) is 27.0. The van der Waals surface area contributed by atoms with Crippen molar-refractivity contribution in [2.75, 3.05) is 36.5 Å². The highest BCUT2D eigenvalue weighted by Gasteiger charge is 2.49. The fraction of sp³-hybridized carbons (Fsp3) is 0.531. The Morgan fingerprint density at radius 2 is 1.87 bits per heavy atom. The molecule has 2 aromatic heterocycles. The van der Waals surface area contributed by atoms with Crippen LogP contribution in [0.15, 0.2) is 29.1 Å². The molecule has 2 amide bonds. The summed E-state index contributed by atoms with van der Waals surface area (Å²) in [5.41, 5.74) is 0.418. The first-order chi connectivity index (χ1) is 22.1. The average Bonchev–Trinajstić information content (AvgIpc) is 3.44. The summed E-state index contributed by atoms with van der Waals surface area (Å²) in [6.45, 7) is 10.2. The Morgan fingerprint density at radius 3 is 2.47 bits per heavy atom. The van der Waals surface area contributed by atoms with Crippen molar-refractivity contribution < 1.29 is 32.2 Å². The van der Waals surface area contributed by atoms with Crippen LogP contribution in [-0.4, -0.2) is 80.1 Å². The van der Waals surface area contributed by atoms with E-state index >= 15 is 0 Å². The molecule has 3 fully saturated rings. The number of amides is 2. The molecule has 4 aliphatic heterocycles. The molecular formula is C32H38F3N7O5. The third-order valence-electron chi connectivity index (χ3n) is 8.65. The van der Waals surface area contributed by atoms with Crippen LogP contribution >= 0.6 is 0 Å². The van der Waals surface area contributed by atoms with Crippen molar-refractivity contribution in [3.8, 4) is 0 Å². The van der Waals surface area contributed by atoms with Crippen LogP contribution in [0.1, 0.15) is 63.2 Å². The Hall–Kier alpha value is -4.40. The van der Waals surface area contributed by atoms with Crippen LogP contribution in [0.3, 0.4) is 0 Å². The van der Waals surface area contributed by atoms with Crippen molar-refractivity contribution in [1.82, 2.24) is 24.1 Å². The lowest BCUT2D eigenvalue weighted by Gasteiger charge is -2.56. The van der Waals surface area contributed by atoms with E-state index in [1.54, 1.807) is 9.47 Å². The maximum absolute atomic E-state index is 14.2. The Bertz CT molecular complexity index is 1810. The van der Waals surface area contributed by atoms with E-state index in [0.717, 1.165) is 24.1 Å².